The predicted octanol–water partition coefficient (Wildman–Crippen LogP) is 2.25. The van der Waals surface area contributed by atoms with Crippen molar-refractivity contribution in [2.24, 2.45) is 5.73 Å². The minimum Gasteiger partial charge on any atom is -0.326 e. The maximum atomic E-state index is 5.81. The van der Waals surface area contributed by atoms with E-state index in [-0.39, 0.29) is 0 Å². The summed E-state index contributed by atoms with van der Waals surface area (Å²) in [6, 6.07) is 4.01. The van der Waals surface area contributed by atoms with E-state index in [1.54, 1.807) is 11.3 Å². The van der Waals surface area contributed by atoms with Crippen molar-refractivity contribution >= 4 is 27.3 Å². The van der Waals surface area contributed by atoms with Crippen LogP contribution < -0.4 is 5.73 Å². The van der Waals surface area contributed by atoms with E-state index in [2.05, 4.69) is 33.0 Å². The average molecular weight is 283 g/mol. The Balaban J connectivity index is 1.80. The molecule has 4 rings (SSSR count). The number of hydrogen-bond donors (Lipinski definition) is 1. The predicted molar refractivity (Wildman–Crippen MR) is 79.8 cm³/mol. The van der Waals surface area contributed by atoms with Gasteiger partial charge in [-0.2, -0.15) is 0 Å². The highest BCUT2D eigenvalue weighted by molar-refractivity contribution is 7.15. The number of pyridine rings is 1. The number of nitrogens with two attached hydrogens (primary N) is 1. The van der Waals surface area contributed by atoms with Gasteiger partial charge in [0.1, 0.15) is 5.65 Å². The number of hydrogen-bond acceptors (Lipinski definition) is 4. The maximum Gasteiger partial charge on any atom is 0.193 e. The fourth-order valence-electron chi connectivity index (χ4n) is 2.51. The van der Waals surface area contributed by atoms with Crippen molar-refractivity contribution in [2.75, 3.05) is 0 Å². The Morgan fingerprint density at radius 1 is 1.30 bits per heavy atom. The first-order valence-corrected chi connectivity index (χ1v) is 7.27. The van der Waals surface area contributed by atoms with E-state index in [0.29, 0.717) is 13.1 Å². The zero-order valence-electron chi connectivity index (χ0n) is 10.7. The molecular weight excluding hydrogens is 270 g/mol. The summed E-state index contributed by atoms with van der Waals surface area (Å²) in [6.45, 7) is 1.23. The summed E-state index contributed by atoms with van der Waals surface area (Å²) in [7, 11) is 0. The number of aromatic nitrogens is 4. The molecule has 20 heavy (non-hydrogen) atoms. The van der Waals surface area contributed by atoms with Crippen LogP contribution in [0, 0.1) is 0 Å². The molecule has 0 saturated heterocycles. The number of thiazole rings is 1. The van der Waals surface area contributed by atoms with E-state index in [9.17, 15) is 0 Å². The molecule has 4 aromatic heterocycles. The van der Waals surface area contributed by atoms with Crippen LogP contribution in [0.15, 0.2) is 42.3 Å². The van der Waals surface area contributed by atoms with Gasteiger partial charge in [-0.05, 0) is 17.7 Å². The molecule has 0 spiro atoms. The van der Waals surface area contributed by atoms with Crippen LogP contribution >= 0.6 is 11.3 Å². The minimum atomic E-state index is 0.521. The highest BCUT2D eigenvalue weighted by atomic mass is 32.1. The molecule has 100 valence electrons. The summed E-state index contributed by atoms with van der Waals surface area (Å²) in [6.07, 6.45) is 7.96. The molecule has 0 aliphatic carbocycles. The first-order valence-electron chi connectivity index (χ1n) is 6.39. The van der Waals surface area contributed by atoms with Crippen molar-refractivity contribution in [3.8, 4) is 0 Å². The molecule has 0 bridgehead atoms. The molecule has 4 heterocycles. The average Bonchev–Trinajstić information content (AvgIpc) is 3.12. The Morgan fingerprint density at radius 3 is 3.10 bits per heavy atom. The fourth-order valence-corrected chi connectivity index (χ4v) is 3.22. The highest BCUT2D eigenvalue weighted by Gasteiger charge is 2.10. The largest absolute Gasteiger partial charge is 0.326 e. The molecule has 0 aromatic carbocycles. The Hall–Kier alpha value is -2.18. The van der Waals surface area contributed by atoms with Gasteiger partial charge in [-0.3, -0.25) is 4.40 Å². The van der Waals surface area contributed by atoms with Gasteiger partial charge in [0.2, 0.25) is 0 Å². The quantitative estimate of drug-likeness (QED) is 0.627. The van der Waals surface area contributed by atoms with E-state index in [4.69, 9.17) is 5.73 Å². The molecule has 0 aliphatic heterocycles. The van der Waals surface area contributed by atoms with Crippen molar-refractivity contribution in [2.45, 2.75) is 13.1 Å². The molecular formula is C14H13N5S. The molecule has 0 saturated carbocycles. The topological polar surface area (TPSA) is 61.1 Å². The molecule has 4 aromatic rings. The third-order valence-corrected chi connectivity index (χ3v) is 4.18. The van der Waals surface area contributed by atoms with Gasteiger partial charge in [0.25, 0.3) is 0 Å². The number of fused-ring (bicyclic) bond motifs is 2. The van der Waals surface area contributed by atoms with Gasteiger partial charge in [-0.15, -0.1) is 11.3 Å². The van der Waals surface area contributed by atoms with Crippen LogP contribution in [0.25, 0.3) is 16.0 Å². The van der Waals surface area contributed by atoms with Crippen LogP contribution in [0.1, 0.15) is 11.3 Å². The number of imidazole rings is 1. The van der Waals surface area contributed by atoms with Crippen LogP contribution in [0.5, 0.6) is 0 Å². The van der Waals surface area contributed by atoms with E-state index in [0.717, 1.165) is 27.3 Å². The molecule has 0 amide bonds. The maximum absolute atomic E-state index is 5.81. The van der Waals surface area contributed by atoms with Gasteiger partial charge >= 0.3 is 0 Å². The van der Waals surface area contributed by atoms with Gasteiger partial charge in [-0.25, -0.2) is 9.97 Å². The number of nitrogens with zero attached hydrogens (tertiary/aromatic N) is 4. The van der Waals surface area contributed by atoms with Crippen molar-refractivity contribution in [1.82, 2.24) is 18.9 Å². The Bertz CT molecular complexity index is 857. The van der Waals surface area contributed by atoms with Gasteiger partial charge in [-0.1, -0.05) is 0 Å². The van der Waals surface area contributed by atoms with Crippen molar-refractivity contribution < 1.29 is 0 Å². The van der Waals surface area contributed by atoms with Crippen molar-refractivity contribution in [3.05, 3.63) is 53.6 Å². The van der Waals surface area contributed by atoms with Crippen LogP contribution in [0.2, 0.25) is 0 Å². The Morgan fingerprint density at radius 2 is 2.25 bits per heavy atom. The molecule has 0 fully saturated rings. The summed E-state index contributed by atoms with van der Waals surface area (Å²) in [5.74, 6) is 0. The lowest BCUT2D eigenvalue weighted by atomic mass is 10.2. The summed E-state index contributed by atoms with van der Waals surface area (Å²) in [5, 5.41) is 3.15. The van der Waals surface area contributed by atoms with Crippen LogP contribution in [-0.2, 0) is 13.1 Å². The van der Waals surface area contributed by atoms with E-state index < -0.39 is 0 Å². The van der Waals surface area contributed by atoms with Gasteiger partial charge in [0.05, 0.1) is 12.2 Å². The first-order chi connectivity index (χ1) is 9.85. The van der Waals surface area contributed by atoms with Crippen molar-refractivity contribution in [3.63, 3.8) is 0 Å². The summed E-state index contributed by atoms with van der Waals surface area (Å²) in [5.41, 5.74) is 8.92. The molecule has 0 radical (unpaired) electrons. The van der Waals surface area contributed by atoms with Crippen molar-refractivity contribution in [1.29, 1.82) is 0 Å². The number of rotatable bonds is 3. The summed E-state index contributed by atoms with van der Waals surface area (Å²) >= 11 is 1.64. The Labute approximate surface area is 119 Å². The fraction of sp³-hybridized carbons (Fsp3) is 0.143. The molecule has 6 heteroatoms. The summed E-state index contributed by atoms with van der Waals surface area (Å²) < 4.78 is 4.16. The zero-order chi connectivity index (χ0) is 13.5. The van der Waals surface area contributed by atoms with Crippen LogP contribution in [0.3, 0.4) is 0 Å². The van der Waals surface area contributed by atoms with Crippen LogP contribution in [-0.4, -0.2) is 18.9 Å². The third kappa shape index (κ3) is 1.73. The van der Waals surface area contributed by atoms with E-state index >= 15 is 0 Å². The van der Waals surface area contributed by atoms with Crippen LogP contribution in [0.4, 0.5) is 0 Å². The van der Waals surface area contributed by atoms with E-state index in [1.165, 1.54) is 0 Å². The monoisotopic (exact) mass is 283 g/mol. The molecule has 0 atom stereocenters. The van der Waals surface area contributed by atoms with Gasteiger partial charge in [0.15, 0.2) is 4.96 Å². The first kappa shape index (κ1) is 11.6. The standard InChI is InChI=1S/C14H13N5S/c15-6-10-7-19(13-12(10)2-1-3-16-13)9-11-8-18-4-5-20-14(18)17-11/h1-5,7-8H,6,9,15H2. The zero-order valence-corrected chi connectivity index (χ0v) is 11.5. The second kappa shape index (κ2) is 4.43. The smallest absolute Gasteiger partial charge is 0.193 e. The third-order valence-electron chi connectivity index (χ3n) is 3.41. The molecule has 0 unspecified atom stereocenters. The molecule has 5 nitrogen and oxygen atoms in total. The second-order valence-corrected chi connectivity index (χ2v) is 5.56. The molecule has 2 N–H and O–H groups in total. The van der Waals surface area contributed by atoms with Gasteiger partial charge in [0, 0.05) is 42.1 Å². The van der Waals surface area contributed by atoms with E-state index in [1.807, 2.05) is 28.2 Å². The SMILES string of the molecule is NCc1cn(Cc2cn3ccsc3n2)c2ncccc12. The minimum absolute atomic E-state index is 0.521. The molecule has 0 aliphatic rings. The lowest BCUT2D eigenvalue weighted by Crippen LogP contribution is -1.99. The lowest BCUT2D eigenvalue weighted by molar-refractivity contribution is 0.800. The summed E-state index contributed by atoms with van der Waals surface area (Å²) in [4.78, 5) is 10.1. The normalized spacial score (nSPS) is 11.7. The van der Waals surface area contributed by atoms with Gasteiger partial charge < -0.3 is 10.3 Å². The Kier molecular flexibility index (Phi) is 2.58. The highest BCUT2D eigenvalue weighted by Crippen LogP contribution is 2.20. The lowest BCUT2D eigenvalue weighted by Gasteiger charge is -2.00. The second-order valence-electron chi connectivity index (χ2n) is 4.69.